The molecule has 0 N–H and O–H groups in total. The number of rotatable bonds is 4. The first-order valence-corrected chi connectivity index (χ1v) is 7.33. The summed E-state index contributed by atoms with van der Waals surface area (Å²) in [6.07, 6.45) is 0.968. The van der Waals surface area contributed by atoms with Gasteiger partial charge in [-0.05, 0) is 44.6 Å². The van der Waals surface area contributed by atoms with Gasteiger partial charge in [-0.15, -0.1) is 12.4 Å². The monoisotopic (exact) mass is 316 g/mol. The summed E-state index contributed by atoms with van der Waals surface area (Å²) in [5, 5.41) is 3.00. The maximum Gasteiger partial charge on any atom is 0.258 e. The predicted octanol–water partition coefficient (Wildman–Crippen LogP) is 3.53. The molecule has 0 fully saturated rings. The minimum absolute atomic E-state index is 0. The Kier molecular flexibility index (Phi) is 5.22. The van der Waals surface area contributed by atoms with Gasteiger partial charge in [-0.25, -0.2) is 0 Å². The lowest BCUT2D eigenvalue weighted by molar-refractivity contribution is 0.387. The van der Waals surface area contributed by atoms with Gasteiger partial charge in [0, 0.05) is 17.3 Å². The second-order valence-electron chi connectivity index (χ2n) is 5.68. The molecule has 0 aliphatic carbocycles. The fraction of sp³-hybridized carbons (Fsp3) is 0.278. The molecule has 0 radical (unpaired) electrons. The van der Waals surface area contributed by atoms with E-state index in [0.717, 1.165) is 41.2 Å². The summed E-state index contributed by atoms with van der Waals surface area (Å²) < 4.78 is 1.92. The quantitative estimate of drug-likeness (QED) is 0.688. The van der Waals surface area contributed by atoms with E-state index in [4.69, 9.17) is 0 Å². The summed E-state index contributed by atoms with van der Waals surface area (Å²) in [6.45, 7) is 1.73. The Hall–Kier alpha value is -1.84. The number of para-hydroxylation sites is 1. The molecule has 1 aromatic heterocycles. The lowest BCUT2D eigenvalue weighted by Gasteiger charge is -2.14. The summed E-state index contributed by atoms with van der Waals surface area (Å²) in [7, 11) is 4.11. The van der Waals surface area contributed by atoms with E-state index in [0.29, 0.717) is 0 Å². The van der Waals surface area contributed by atoms with Crippen LogP contribution in [0.25, 0.3) is 21.7 Å². The molecule has 0 aliphatic rings. The minimum Gasteiger partial charge on any atom is -0.309 e. The van der Waals surface area contributed by atoms with Crippen LogP contribution in [0.2, 0.25) is 0 Å². The Morgan fingerprint density at radius 2 is 1.50 bits per heavy atom. The summed E-state index contributed by atoms with van der Waals surface area (Å²) in [6, 6.07) is 16.0. The molecular formula is C18H21ClN2O. The fourth-order valence-corrected chi connectivity index (χ4v) is 2.86. The second-order valence-corrected chi connectivity index (χ2v) is 5.68. The fourth-order valence-electron chi connectivity index (χ4n) is 2.86. The van der Waals surface area contributed by atoms with Crippen molar-refractivity contribution in [2.24, 2.45) is 0 Å². The summed E-state index contributed by atoms with van der Waals surface area (Å²) in [5.41, 5.74) is 1.14. The van der Waals surface area contributed by atoms with Crippen molar-refractivity contribution in [3.63, 3.8) is 0 Å². The average Bonchev–Trinajstić information content (AvgIpc) is 2.50. The molecule has 2 aromatic carbocycles. The molecule has 1 heterocycles. The average molecular weight is 317 g/mol. The van der Waals surface area contributed by atoms with E-state index < -0.39 is 0 Å². The summed E-state index contributed by atoms with van der Waals surface area (Å²) in [4.78, 5) is 14.9. The molecule has 116 valence electrons. The summed E-state index contributed by atoms with van der Waals surface area (Å²) >= 11 is 0. The van der Waals surface area contributed by atoms with Gasteiger partial charge in [0.25, 0.3) is 5.56 Å². The topological polar surface area (TPSA) is 25.2 Å². The molecule has 0 aliphatic heterocycles. The van der Waals surface area contributed by atoms with Crippen LogP contribution in [-0.4, -0.2) is 30.1 Å². The molecule has 4 heteroatoms. The van der Waals surface area contributed by atoms with Gasteiger partial charge in [-0.3, -0.25) is 4.79 Å². The van der Waals surface area contributed by atoms with Crippen LogP contribution in [0, 0.1) is 0 Å². The SMILES string of the molecule is CN(C)CCCn1c(=O)c2ccccc2c2ccccc21.Cl. The highest BCUT2D eigenvalue weighted by atomic mass is 35.5. The van der Waals surface area contributed by atoms with Crippen molar-refractivity contribution in [2.75, 3.05) is 20.6 Å². The molecule has 0 saturated carbocycles. The highest BCUT2D eigenvalue weighted by Gasteiger charge is 2.09. The molecule has 3 nitrogen and oxygen atoms in total. The number of hydrogen-bond acceptors (Lipinski definition) is 2. The molecule has 0 atom stereocenters. The van der Waals surface area contributed by atoms with E-state index in [-0.39, 0.29) is 18.0 Å². The maximum atomic E-state index is 12.8. The number of pyridine rings is 1. The van der Waals surface area contributed by atoms with E-state index in [9.17, 15) is 4.79 Å². The second kappa shape index (κ2) is 6.95. The van der Waals surface area contributed by atoms with Crippen molar-refractivity contribution >= 4 is 34.1 Å². The Balaban J connectivity index is 0.00000176. The standard InChI is InChI=1S/C18H20N2O.ClH/c1-19(2)12-7-13-20-17-11-6-5-9-15(17)14-8-3-4-10-16(14)18(20)21;/h3-6,8-11H,7,12-13H2,1-2H3;1H. The highest BCUT2D eigenvalue weighted by Crippen LogP contribution is 2.22. The predicted molar refractivity (Wildman–Crippen MR) is 96.1 cm³/mol. The smallest absolute Gasteiger partial charge is 0.258 e. The lowest BCUT2D eigenvalue weighted by atomic mass is 10.1. The van der Waals surface area contributed by atoms with Crippen LogP contribution in [0.3, 0.4) is 0 Å². The van der Waals surface area contributed by atoms with E-state index in [1.165, 1.54) is 0 Å². The first-order chi connectivity index (χ1) is 10.2. The Labute approximate surface area is 136 Å². The van der Waals surface area contributed by atoms with Crippen LogP contribution in [-0.2, 0) is 6.54 Å². The third-order valence-electron chi connectivity index (χ3n) is 3.87. The van der Waals surface area contributed by atoms with E-state index >= 15 is 0 Å². The van der Waals surface area contributed by atoms with Crippen LogP contribution in [0.15, 0.2) is 53.3 Å². The molecule has 0 amide bonds. The Bertz CT molecular complexity index is 839. The molecule has 0 saturated heterocycles. The van der Waals surface area contributed by atoms with Gasteiger partial charge in [-0.2, -0.15) is 0 Å². The number of benzene rings is 2. The largest absolute Gasteiger partial charge is 0.309 e. The van der Waals surface area contributed by atoms with Gasteiger partial charge in [0.15, 0.2) is 0 Å². The molecule has 0 spiro atoms. The van der Waals surface area contributed by atoms with Gasteiger partial charge < -0.3 is 9.47 Å². The van der Waals surface area contributed by atoms with Gasteiger partial charge in [-0.1, -0.05) is 36.4 Å². The van der Waals surface area contributed by atoms with Crippen molar-refractivity contribution in [2.45, 2.75) is 13.0 Å². The molecule has 22 heavy (non-hydrogen) atoms. The number of fused-ring (bicyclic) bond motifs is 3. The number of hydrogen-bond donors (Lipinski definition) is 0. The van der Waals surface area contributed by atoms with E-state index in [1.54, 1.807) is 0 Å². The molecule has 0 bridgehead atoms. The number of halogens is 1. The number of aryl methyl sites for hydroxylation is 1. The van der Waals surface area contributed by atoms with E-state index in [1.807, 2.05) is 47.0 Å². The first-order valence-electron chi connectivity index (χ1n) is 7.33. The van der Waals surface area contributed by atoms with Crippen molar-refractivity contribution < 1.29 is 0 Å². The van der Waals surface area contributed by atoms with Crippen molar-refractivity contribution in [3.8, 4) is 0 Å². The van der Waals surface area contributed by atoms with Crippen molar-refractivity contribution in [3.05, 3.63) is 58.9 Å². The highest BCUT2D eigenvalue weighted by molar-refractivity contribution is 6.05. The van der Waals surface area contributed by atoms with Crippen LogP contribution < -0.4 is 5.56 Å². The first kappa shape index (κ1) is 16.5. The Morgan fingerprint density at radius 3 is 2.18 bits per heavy atom. The molecular weight excluding hydrogens is 296 g/mol. The molecule has 3 aromatic rings. The lowest BCUT2D eigenvalue weighted by Crippen LogP contribution is -2.23. The van der Waals surface area contributed by atoms with Crippen molar-refractivity contribution in [1.29, 1.82) is 0 Å². The van der Waals surface area contributed by atoms with E-state index in [2.05, 4.69) is 25.1 Å². The van der Waals surface area contributed by atoms with Gasteiger partial charge in [0.05, 0.1) is 5.52 Å². The third-order valence-corrected chi connectivity index (χ3v) is 3.87. The van der Waals surface area contributed by atoms with Gasteiger partial charge >= 0.3 is 0 Å². The zero-order valence-corrected chi connectivity index (χ0v) is 13.8. The zero-order valence-electron chi connectivity index (χ0n) is 13.0. The van der Waals surface area contributed by atoms with Crippen LogP contribution in [0.5, 0.6) is 0 Å². The van der Waals surface area contributed by atoms with Crippen LogP contribution in [0.4, 0.5) is 0 Å². The zero-order chi connectivity index (χ0) is 14.8. The summed E-state index contributed by atoms with van der Waals surface area (Å²) in [5.74, 6) is 0. The number of aromatic nitrogens is 1. The van der Waals surface area contributed by atoms with Crippen LogP contribution in [0.1, 0.15) is 6.42 Å². The molecule has 3 rings (SSSR count). The number of nitrogens with zero attached hydrogens (tertiary/aromatic N) is 2. The maximum absolute atomic E-state index is 12.8. The van der Waals surface area contributed by atoms with Crippen LogP contribution >= 0.6 is 12.4 Å². The third kappa shape index (κ3) is 3.01. The minimum atomic E-state index is 0. The Morgan fingerprint density at radius 1 is 0.909 bits per heavy atom. The van der Waals surface area contributed by atoms with Crippen molar-refractivity contribution in [1.82, 2.24) is 9.47 Å². The van der Waals surface area contributed by atoms with Gasteiger partial charge in [0.1, 0.15) is 0 Å². The molecule has 0 unspecified atom stereocenters. The normalized spacial score (nSPS) is 11.0. The van der Waals surface area contributed by atoms with Gasteiger partial charge in [0.2, 0.25) is 0 Å².